The number of rotatable bonds is 1. The lowest BCUT2D eigenvalue weighted by Gasteiger charge is -2.23. The molecule has 2 nitrogen and oxygen atoms in total. The Morgan fingerprint density at radius 3 is 2.41 bits per heavy atom. The van der Waals surface area contributed by atoms with Crippen LogP contribution in [0.2, 0.25) is 0 Å². The average Bonchev–Trinajstić information content (AvgIpc) is 2.63. The third-order valence-electron chi connectivity index (χ3n) is 3.12. The lowest BCUT2D eigenvalue weighted by atomic mass is 9.82. The number of imidazole rings is 1. The second-order valence-electron chi connectivity index (χ2n) is 5.65. The Balaban J connectivity index is 2.57. The topological polar surface area (TPSA) is 17.8 Å². The van der Waals surface area contributed by atoms with Gasteiger partial charge < -0.3 is 4.57 Å². The van der Waals surface area contributed by atoms with Crippen molar-refractivity contribution in [1.29, 1.82) is 0 Å². The number of hydrogen-bond donors (Lipinski definition) is 0. The molecule has 0 aliphatic heterocycles. The van der Waals surface area contributed by atoms with E-state index in [1.807, 2.05) is 17.9 Å². The van der Waals surface area contributed by atoms with Crippen molar-refractivity contribution in [2.24, 2.45) is 7.05 Å². The van der Waals surface area contributed by atoms with Crippen LogP contribution in [-0.4, -0.2) is 9.55 Å². The highest BCUT2D eigenvalue weighted by Crippen LogP contribution is 2.31. The monoisotopic (exact) mass is 228 g/mol. The van der Waals surface area contributed by atoms with Crippen molar-refractivity contribution >= 4 is 0 Å². The van der Waals surface area contributed by atoms with Crippen LogP contribution in [0.3, 0.4) is 0 Å². The fourth-order valence-electron chi connectivity index (χ4n) is 2.28. The molecule has 90 valence electrons. The van der Waals surface area contributed by atoms with Gasteiger partial charge in [-0.2, -0.15) is 0 Å². The van der Waals surface area contributed by atoms with Crippen molar-refractivity contribution in [3.8, 4) is 11.3 Å². The Hall–Kier alpha value is -1.57. The molecule has 1 aromatic carbocycles. The van der Waals surface area contributed by atoms with Crippen LogP contribution in [0.25, 0.3) is 11.3 Å². The van der Waals surface area contributed by atoms with E-state index < -0.39 is 0 Å². The fourth-order valence-corrected chi connectivity index (χ4v) is 2.28. The summed E-state index contributed by atoms with van der Waals surface area (Å²) in [7, 11) is 2.00. The summed E-state index contributed by atoms with van der Waals surface area (Å²) in [5.74, 6) is 0. The maximum atomic E-state index is 4.43. The van der Waals surface area contributed by atoms with Gasteiger partial charge >= 0.3 is 0 Å². The summed E-state index contributed by atoms with van der Waals surface area (Å²) in [5.41, 5.74) is 5.18. The van der Waals surface area contributed by atoms with Crippen molar-refractivity contribution in [1.82, 2.24) is 9.55 Å². The highest BCUT2D eigenvalue weighted by atomic mass is 15.0. The molecule has 0 atom stereocenters. The summed E-state index contributed by atoms with van der Waals surface area (Å²) in [6.45, 7) is 8.93. The van der Waals surface area contributed by atoms with Crippen LogP contribution in [0, 0.1) is 6.92 Å². The van der Waals surface area contributed by atoms with E-state index >= 15 is 0 Å². The molecule has 2 heteroatoms. The minimum Gasteiger partial charge on any atom is -0.340 e. The zero-order valence-electron chi connectivity index (χ0n) is 11.3. The normalized spacial score (nSPS) is 11.8. The lowest BCUT2D eigenvalue weighted by molar-refractivity contribution is 0.586. The Kier molecular flexibility index (Phi) is 2.82. The number of nitrogens with zero attached hydrogens (tertiary/aromatic N) is 2. The first-order valence-electron chi connectivity index (χ1n) is 5.98. The Labute approximate surface area is 103 Å². The standard InChI is InChI=1S/C15H20N2/c1-11-12(14-9-17(5)10-16-14)7-6-8-13(11)15(2,3)4/h6-10H,1-5H3. The molecular formula is C15H20N2. The maximum absolute atomic E-state index is 4.43. The van der Waals surface area contributed by atoms with E-state index in [0.29, 0.717) is 0 Å². The van der Waals surface area contributed by atoms with Gasteiger partial charge in [0.25, 0.3) is 0 Å². The largest absolute Gasteiger partial charge is 0.340 e. The molecule has 1 heterocycles. The van der Waals surface area contributed by atoms with Crippen LogP contribution in [0.15, 0.2) is 30.7 Å². The average molecular weight is 228 g/mol. The zero-order valence-corrected chi connectivity index (χ0v) is 11.3. The number of benzene rings is 1. The molecule has 0 radical (unpaired) electrons. The molecule has 17 heavy (non-hydrogen) atoms. The van der Waals surface area contributed by atoms with Crippen LogP contribution in [-0.2, 0) is 12.5 Å². The van der Waals surface area contributed by atoms with Gasteiger partial charge in [-0.05, 0) is 23.5 Å². The second kappa shape index (κ2) is 4.02. The van der Waals surface area contributed by atoms with E-state index in [-0.39, 0.29) is 5.41 Å². The summed E-state index contributed by atoms with van der Waals surface area (Å²) < 4.78 is 1.98. The molecule has 0 bridgehead atoms. The molecule has 0 spiro atoms. The predicted molar refractivity (Wildman–Crippen MR) is 72.1 cm³/mol. The van der Waals surface area contributed by atoms with Gasteiger partial charge in [0, 0.05) is 18.8 Å². The van der Waals surface area contributed by atoms with E-state index in [4.69, 9.17) is 0 Å². The molecule has 2 rings (SSSR count). The molecule has 0 N–H and O–H groups in total. The number of aryl methyl sites for hydroxylation is 1. The van der Waals surface area contributed by atoms with Gasteiger partial charge in [-0.1, -0.05) is 39.0 Å². The summed E-state index contributed by atoms with van der Waals surface area (Å²) >= 11 is 0. The Bertz CT molecular complexity index is 530. The minimum atomic E-state index is 0.175. The molecule has 0 saturated heterocycles. The first kappa shape index (κ1) is 11.9. The third kappa shape index (κ3) is 2.26. The smallest absolute Gasteiger partial charge is 0.0951 e. The quantitative estimate of drug-likeness (QED) is 0.728. The van der Waals surface area contributed by atoms with Crippen molar-refractivity contribution < 1.29 is 0 Å². The van der Waals surface area contributed by atoms with Crippen molar-refractivity contribution in [2.45, 2.75) is 33.1 Å². The van der Waals surface area contributed by atoms with Gasteiger partial charge in [0.05, 0.1) is 12.0 Å². The van der Waals surface area contributed by atoms with Crippen molar-refractivity contribution in [2.75, 3.05) is 0 Å². The van der Waals surface area contributed by atoms with E-state index in [2.05, 4.69) is 57.1 Å². The zero-order chi connectivity index (χ0) is 12.6. The molecule has 0 amide bonds. The van der Waals surface area contributed by atoms with Crippen LogP contribution < -0.4 is 0 Å². The van der Waals surface area contributed by atoms with Crippen molar-refractivity contribution in [3.05, 3.63) is 41.9 Å². The summed E-state index contributed by atoms with van der Waals surface area (Å²) in [6.07, 6.45) is 3.91. The SMILES string of the molecule is Cc1c(-c2cn(C)cn2)cccc1C(C)(C)C. The van der Waals surface area contributed by atoms with Gasteiger partial charge in [0.1, 0.15) is 0 Å². The molecule has 0 aliphatic carbocycles. The van der Waals surface area contributed by atoms with E-state index in [1.54, 1.807) is 0 Å². The van der Waals surface area contributed by atoms with E-state index in [1.165, 1.54) is 16.7 Å². The second-order valence-corrected chi connectivity index (χ2v) is 5.65. The van der Waals surface area contributed by atoms with Gasteiger partial charge in [-0.25, -0.2) is 4.98 Å². The summed E-state index contributed by atoms with van der Waals surface area (Å²) in [4.78, 5) is 4.43. The Morgan fingerprint density at radius 1 is 1.18 bits per heavy atom. The molecular weight excluding hydrogens is 208 g/mol. The maximum Gasteiger partial charge on any atom is 0.0951 e. The minimum absolute atomic E-state index is 0.175. The molecule has 1 aromatic heterocycles. The van der Waals surface area contributed by atoms with Crippen LogP contribution in [0.5, 0.6) is 0 Å². The first-order chi connectivity index (χ1) is 7.89. The predicted octanol–water partition coefficient (Wildman–Crippen LogP) is 3.69. The van der Waals surface area contributed by atoms with Gasteiger partial charge in [0.2, 0.25) is 0 Å². The van der Waals surface area contributed by atoms with Crippen LogP contribution in [0.1, 0.15) is 31.9 Å². The van der Waals surface area contributed by atoms with Crippen LogP contribution >= 0.6 is 0 Å². The molecule has 0 saturated carbocycles. The van der Waals surface area contributed by atoms with Crippen LogP contribution in [0.4, 0.5) is 0 Å². The van der Waals surface area contributed by atoms with E-state index in [0.717, 1.165) is 5.69 Å². The van der Waals surface area contributed by atoms with Gasteiger partial charge in [-0.3, -0.25) is 0 Å². The first-order valence-corrected chi connectivity index (χ1v) is 5.98. The number of hydrogen-bond acceptors (Lipinski definition) is 1. The van der Waals surface area contributed by atoms with Crippen molar-refractivity contribution in [3.63, 3.8) is 0 Å². The highest BCUT2D eigenvalue weighted by molar-refractivity contribution is 5.65. The number of aromatic nitrogens is 2. The van der Waals surface area contributed by atoms with Gasteiger partial charge in [0.15, 0.2) is 0 Å². The molecule has 2 aromatic rings. The summed E-state index contributed by atoms with van der Waals surface area (Å²) in [6, 6.07) is 6.48. The third-order valence-corrected chi connectivity index (χ3v) is 3.12. The lowest BCUT2D eigenvalue weighted by Crippen LogP contribution is -2.13. The Morgan fingerprint density at radius 2 is 1.88 bits per heavy atom. The highest BCUT2D eigenvalue weighted by Gasteiger charge is 2.18. The molecule has 0 fully saturated rings. The molecule has 0 unspecified atom stereocenters. The summed E-state index contributed by atoms with van der Waals surface area (Å²) in [5, 5.41) is 0. The molecule has 0 aliphatic rings. The van der Waals surface area contributed by atoms with Gasteiger partial charge in [-0.15, -0.1) is 0 Å². The fraction of sp³-hybridized carbons (Fsp3) is 0.400. The van der Waals surface area contributed by atoms with E-state index in [9.17, 15) is 0 Å².